The molecule has 1 aliphatic rings. The van der Waals surface area contributed by atoms with Crippen molar-refractivity contribution >= 4 is 5.69 Å². The van der Waals surface area contributed by atoms with E-state index in [2.05, 4.69) is 11.8 Å². The van der Waals surface area contributed by atoms with Crippen LogP contribution in [0.4, 0.5) is 10.1 Å². The maximum Gasteiger partial charge on any atom is 0.123 e. The Labute approximate surface area is 115 Å². The minimum atomic E-state index is -0.208. The predicted octanol–water partition coefficient (Wildman–Crippen LogP) is 3.45. The SMILES string of the molecule is CC1CCC(CO)(CN(C)c2ccc(F)cc2)CC1. The molecule has 1 N–H and O–H groups in total. The molecular weight excluding hydrogens is 241 g/mol. The second-order valence-electron chi connectivity index (χ2n) is 6.17. The lowest BCUT2D eigenvalue weighted by atomic mass is 9.71. The van der Waals surface area contributed by atoms with Crippen molar-refractivity contribution in [1.29, 1.82) is 0 Å². The molecule has 0 aliphatic heterocycles. The smallest absolute Gasteiger partial charge is 0.123 e. The van der Waals surface area contributed by atoms with Crippen LogP contribution in [0.25, 0.3) is 0 Å². The largest absolute Gasteiger partial charge is 0.396 e. The Balaban J connectivity index is 2.03. The van der Waals surface area contributed by atoms with Gasteiger partial charge in [-0.1, -0.05) is 19.8 Å². The molecule has 0 amide bonds. The highest BCUT2D eigenvalue weighted by molar-refractivity contribution is 5.45. The van der Waals surface area contributed by atoms with Crippen molar-refractivity contribution in [3.05, 3.63) is 30.1 Å². The molecule has 2 rings (SSSR count). The molecule has 2 nitrogen and oxygen atoms in total. The number of nitrogens with zero attached hydrogens (tertiary/aromatic N) is 1. The lowest BCUT2D eigenvalue weighted by Crippen LogP contribution is -2.41. The van der Waals surface area contributed by atoms with Crippen molar-refractivity contribution in [2.24, 2.45) is 11.3 Å². The van der Waals surface area contributed by atoms with E-state index in [1.807, 2.05) is 7.05 Å². The summed E-state index contributed by atoms with van der Waals surface area (Å²) in [5, 5.41) is 9.78. The quantitative estimate of drug-likeness (QED) is 0.901. The van der Waals surface area contributed by atoms with Gasteiger partial charge in [-0.15, -0.1) is 0 Å². The Bertz CT molecular complexity index is 396. The Hall–Kier alpha value is -1.09. The number of benzene rings is 1. The van der Waals surface area contributed by atoms with E-state index in [-0.39, 0.29) is 17.8 Å². The first-order chi connectivity index (χ1) is 9.04. The standard InChI is InChI=1S/C16H24FNO/c1-13-7-9-16(12-19,10-8-13)11-18(2)15-5-3-14(17)4-6-15/h3-6,13,19H,7-12H2,1-2H3. The van der Waals surface area contributed by atoms with Gasteiger partial charge in [0, 0.05) is 24.7 Å². The summed E-state index contributed by atoms with van der Waals surface area (Å²) in [6, 6.07) is 6.57. The highest BCUT2D eigenvalue weighted by Gasteiger charge is 2.34. The summed E-state index contributed by atoms with van der Waals surface area (Å²) in [5.74, 6) is 0.566. The average Bonchev–Trinajstić information content (AvgIpc) is 2.42. The lowest BCUT2D eigenvalue weighted by molar-refractivity contribution is 0.0740. The van der Waals surface area contributed by atoms with E-state index in [9.17, 15) is 9.50 Å². The van der Waals surface area contributed by atoms with Crippen LogP contribution >= 0.6 is 0 Å². The Morgan fingerprint density at radius 3 is 2.37 bits per heavy atom. The van der Waals surface area contributed by atoms with E-state index >= 15 is 0 Å². The molecule has 1 aliphatic carbocycles. The molecule has 0 heterocycles. The van der Waals surface area contributed by atoms with Gasteiger partial charge in [-0.05, 0) is 43.0 Å². The third-order valence-corrected chi connectivity index (χ3v) is 4.51. The van der Waals surface area contributed by atoms with Crippen molar-refractivity contribution in [3.63, 3.8) is 0 Å². The molecule has 3 heteroatoms. The minimum absolute atomic E-state index is 0.00957. The average molecular weight is 265 g/mol. The van der Waals surface area contributed by atoms with Gasteiger partial charge < -0.3 is 10.0 Å². The van der Waals surface area contributed by atoms with Gasteiger partial charge in [0.05, 0.1) is 6.61 Å². The normalized spacial score (nSPS) is 27.3. The molecular formula is C16H24FNO. The summed E-state index contributed by atoms with van der Waals surface area (Å²) in [6.45, 7) is 3.36. The first-order valence-electron chi connectivity index (χ1n) is 7.12. The lowest BCUT2D eigenvalue weighted by Gasteiger charge is -2.41. The van der Waals surface area contributed by atoms with Gasteiger partial charge in [0.1, 0.15) is 5.82 Å². The van der Waals surface area contributed by atoms with Gasteiger partial charge >= 0.3 is 0 Å². The fourth-order valence-corrected chi connectivity index (χ4v) is 3.03. The van der Waals surface area contributed by atoms with Crippen LogP contribution in [0.15, 0.2) is 24.3 Å². The van der Waals surface area contributed by atoms with Crippen LogP contribution in [0.2, 0.25) is 0 Å². The Kier molecular flexibility index (Phi) is 4.46. The molecule has 1 saturated carbocycles. The highest BCUT2D eigenvalue weighted by atomic mass is 19.1. The van der Waals surface area contributed by atoms with E-state index in [0.29, 0.717) is 0 Å². The topological polar surface area (TPSA) is 23.5 Å². The van der Waals surface area contributed by atoms with Crippen molar-refractivity contribution in [2.75, 3.05) is 25.1 Å². The summed E-state index contributed by atoms with van der Waals surface area (Å²) >= 11 is 0. The number of halogens is 1. The zero-order chi connectivity index (χ0) is 13.9. The molecule has 0 saturated heterocycles. The molecule has 1 aromatic rings. The van der Waals surface area contributed by atoms with Crippen LogP contribution in [0.1, 0.15) is 32.6 Å². The van der Waals surface area contributed by atoms with E-state index in [1.54, 1.807) is 12.1 Å². The number of anilines is 1. The van der Waals surface area contributed by atoms with Crippen LogP contribution in [0, 0.1) is 17.2 Å². The van der Waals surface area contributed by atoms with Gasteiger partial charge in [-0.25, -0.2) is 4.39 Å². The van der Waals surface area contributed by atoms with Gasteiger partial charge in [0.2, 0.25) is 0 Å². The zero-order valence-corrected chi connectivity index (χ0v) is 11.9. The summed E-state index contributed by atoms with van der Waals surface area (Å²) in [5.41, 5.74) is 1.02. The van der Waals surface area contributed by atoms with Crippen LogP contribution in [-0.2, 0) is 0 Å². The zero-order valence-electron chi connectivity index (χ0n) is 11.9. The highest BCUT2D eigenvalue weighted by Crippen LogP contribution is 2.39. The number of aliphatic hydroxyl groups is 1. The van der Waals surface area contributed by atoms with Crippen molar-refractivity contribution < 1.29 is 9.50 Å². The monoisotopic (exact) mass is 265 g/mol. The van der Waals surface area contributed by atoms with Crippen molar-refractivity contribution in [2.45, 2.75) is 32.6 Å². The summed E-state index contributed by atoms with van der Waals surface area (Å²) in [6.07, 6.45) is 4.54. The number of aliphatic hydroxyl groups excluding tert-OH is 1. The number of hydrogen-bond donors (Lipinski definition) is 1. The van der Waals surface area contributed by atoms with Gasteiger partial charge in [-0.2, -0.15) is 0 Å². The van der Waals surface area contributed by atoms with E-state index in [1.165, 1.54) is 25.0 Å². The maximum atomic E-state index is 12.9. The summed E-state index contributed by atoms with van der Waals surface area (Å²) < 4.78 is 12.9. The van der Waals surface area contributed by atoms with Crippen molar-refractivity contribution in [3.8, 4) is 0 Å². The molecule has 1 fully saturated rings. The number of hydrogen-bond acceptors (Lipinski definition) is 2. The minimum Gasteiger partial charge on any atom is -0.396 e. The van der Waals surface area contributed by atoms with E-state index in [0.717, 1.165) is 31.0 Å². The second kappa shape index (κ2) is 5.91. The van der Waals surface area contributed by atoms with E-state index < -0.39 is 0 Å². The maximum absolute atomic E-state index is 12.9. The van der Waals surface area contributed by atoms with Crippen LogP contribution in [-0.4, -0.2) is 25.3 Å². The van der Waals surface area contributed by atoms with Gasteiger partial charge in [-0.3, -0.25) is 0 Å². The Morgan fingerprint density at radius 1 is 1.26 bits per heavy atom. The molecule has 0 radical (unpaired) electrons. The number of rotatable bonds is 4. The van der Waals surface area contributed by atoms with E-state index in [4.69, 9.17) is 0 Å². The second-order valence-corrected chi connectivity index (χ2v) is 6.17. The molecule has 0 spiro atoms. The van der Waals surface area contributed by atoms with Crippen molar-refractivity contribution in [1.82, 2.24) is 0 Å². The van der Waals surface area contributed by atoms with Crippen LogP contribution in [0.3, 0.4) is 0 Å². The molecule has 0 unspecified atom stereocenters. The third-order valence-electron chi connectivity index (χ3n) is 4.51. The first kappa shape index (κ1) is 14.3. The molecule has 0 atom stereocenters. The molecule has 0 aromatic heterocycles. The summed E-state index contributed by atoms with van der Waals surface area (Å²) in [7, 11) is 2.02. The first-order valence-corrected chi connectivity index (χ1v) is 7.12. The molecule has 0 bridgehead atoms. The van der Waals surface area contributed by atoms with Gasteiger partial charge in [0.25, 0.3) is 0 Å². The third kappa shape index (κ3) is 3.47. The Morgan fingerprint density at radius 2 is 1.84 bits per heavy atom. The molecule has 106 valence electrons. The fraction of sp³-hybridized carbons (Fsp3) is 0.625. The molecule has 19 heavy (non-hydrogen) atoms. The fourth-order valence-electron chi connectivity index (χ4n) is 3.03. The predicted molar refractivity (Wildman–Crippen MR) is 76.8 cm³/mol. The van der Waals surface area contributed by atoms with Gasteiger partial charge in [0.15, 0.2) is 0 Å². The molecule has 1 aromatic carbocycles. The van der Waals surface area contributed by atoms with Crippen LogP contribution in [0.5, 0.6) is 0 Å². The van der Waals surface area contributed by atoms with Crippen LogP contribution < -0.4 is 4.90 Å². The summed E-state index contributed by atoms with van der Waals surface area (Å²) in [4.78, 5) is 2.13.